The third-order valence-corrected chi connectivity index (χ3v) is 4.39. The van der Waals surface area contributed by atoms with Gasteiger partial charge >= 0.3 is 0 Å². The van der Waals surface area contributed by atoms with Crippen LogP contribution in [0.4, 0.5) is 4.39 Å². The number of halogens is 1. The second-order valence-electron chi connectivity index (χ2n) is 6.62. The van der Waals surface area contributed by atoms with Crippen molar-refractivity contribution in [2.75, 3.05) is 0 Å². The Labute approximate surface area is 157 Å². The molecule has 2 amide bonds. The van der Waals surface area contributed by atoms with E-state index >= 15 is 0 Å². The minimum Gasteiger partial charge on any atom is -0.469 e. The van der Waals surface area contributed by atoms with Crippen LogP contribution in [0, 0.1) is 5.82 Å². The summed E-state index contributed by atoms with van der Waals surface area (Å²) >= 11 is 0. The van der Waals surface area contributed by atoms with Crippen molar-refractivity contribution in [3.8, 4) is 0 Å². The van der Waals surface area contributed by atoms with Crippen LogP contribution in [-0.2, 0) is 22.6 Å². The molecule has 0 saturated heterocycles. The van der Waals surface area contributed by atoms with Gasteiger partial charge in [-0.3, -0.25) is 9.59 Å². The number of nitrogens with one attached hydrogen (secondary N) is 1. The molecule has 1 atom stereocenters. The quantitative estimate of drug-likeness (QED) is 0.813. The van der Waals surface area contributed by atoms with Crippen molar-refractivity contribution >= 4 is 17.5 Å². The van der Waals surface area contributed by atoms with Crippen LogP contribution in [0.15, 0.2) is 52.2 Å². The summed E-state index contributed by atoms with van der Waals surface area (Å²) in [5.41, 5.74) is 1.09. The molecule has 2 aromatic rings. The van der Waals surface area contributed by atoms with Gasteiger partial charge < -0.3 is 9.73 Å². The van der Waals surface area contributed by atoms with Gasteiger partial charge in [-0.1, -0.05) is 12.1 Å². The summed E-state index contributed by atoms with van der Waals surface area (Å²) < 4.78 is 18.3. The molecule has 6 nitrogen and oxygen atoms in total. The molecular formula is C20H22FN3O3. The Morgan fingerprint density at radius 1 is 1.30 bits per heavy atom. The first-order chi connectivity index (χ1) is 13.0. The minimum atomic E-state index is -0.337. The number of carbonyl (C=O) groups is 2. The SMILES string of the molecule is CC(CCc1ccco1)NC(=O)C1=NN(Cc2ccc(F)cc2)C(=O)CC1. The first-order valence-corrected chi connectivity index (χ1v) is 8.97. The molecule has 27 heavy (non-hydrogen) atoms. The van der Waals surface area contributed by atoms with E-state index in [1.165, 1.54) is 17.1 Å². The van der Waals surface area contributed by atoms with Gasteiger partial charge in [-0.2, -0.15) is 5.10 Å². The van der Waals surface area contributed by atoms with E-state index in [2.05, 4.69) is 10.4 Å². The summed E-state index contributed by atoms with van der Waals surface area (Å²) in [5, 5.41) is 8.42. The maximum Gasteiger partial charge on any atom is 0.267 e. The summed E-state index contributed by atoms with van der Waals surface area (Å²) in [6.45, 7) is 2.13. The van der Waals surface area contributed by atoms with Crippen LogP contribution in [0.5, 0.6) is 0 Å². The number of rotatable bonds is 7. The number of benzene rings is 1. The molecule has 3 rings (SSSR count). The summed E-state index contributed by atoms with van der Waals surface area (Å²) in [7, 11) is 0. The molecule has 0 radical (unpaired) electrons. The number of aryl methyl sites for hydroxylation is 1. The van der Waals surface area contributed by atoms with Crippen molar-refractivity contribution in [3.63, 3.8) is 0 Å². The Morgan fingerprint density at radius 3 is 2.78 bits per heavy atom. The lowest BCUT2D eigenvalue weighted by molar-refractivity contribution is -0.132. The van der Waals surface area contributed by atoms with Crippen molar-refractivity contribution in [1.29, 1.82) is 0 Å². The minimum absolute atomic E-state index is 0.0477. The standard InChI is InChI=1S/C20H22FN3O3/c1-14(4-9-17-3-2-12-27-17)22-20(26)18-10-11-19(25)24(23-18)13-15-5-7-16(21)8-6-15/h2-3,5-8,12,14H,4,9-11,13H2,1H3,(H,22,26). The largest absolute Gasteiger partial charge is 0.469 e. The van der Waals surface area contributed by atoms with Crippen LogP contribution < -0.4 is 5.32 Å². The van der Waals surface area contributed by atoms with Crippen molar-refractivity contribution in [1.82, 2.24) is 10.3 Å². The molecule has 0 spiro atoms. The zero-order chi connectivity index (χ0) is 19.2. The predicted octanol–water partition coefficient (Wildman–Crippen LogP) is 3.03. The Bertz CT molecular complexity index is 816. The molecule has 1 N–H and O–H groups in total. The smallest absolute Gasteiger partial charge is 0.267 e. The highest BCUT2D eigenvalue weighted by Crippen LogP contribution is 2.15. The van der Waals surface area contributed by atoms with Crippen molar-refractivity contribution < 1.29 is 18.4 Å². The third kappa shape index (κ3) is 5.26. The van der Waals surface area contributed by atoms with Gasteiger partial charge in [-0.15, -0.1) is 0 Å². The molecule has 142 valence electrons. The number of hydrogen-bond donors (Lipinski definition) is 1. The van der Waals surface area contributed by atoms with Crippen molar-refractivity contribution in [2.24, 2.45) is 5.10 Å². The van der Waals surface area contributed by atoms with Gasteiger partial charge in [0.25, 0.3) is 5.91 Å². The fourth-order valence-electron chi connectivity index (χ4n) is 2.84. The molecule has 0 fully saturated rings. The van der Waals surface area contributed by atoms with Crippen molar-refractivity contribution in [2.45, 2.75) is 45.2 Å². The van der Waals surface area contributed by atoms with E-state index in [9.17, 15) is 14.0 Å². The summed E-state index contributed by atoms with van der Waals surface area (Å²) in [6, 6.07) is 9.56. The van der Waals surface area contributed by atoms with Crippen LogP contribution in [-0.4, -0.2) is 28.6 Å². The van der Waals surface area contributed by atoms with E-state index < -0.39 is 0 Å². The zero-order valence-electron chi connectivity index (χ0n) is 15.2. The molecular weight excluding hydrogens is 349 g/mol. The second kappa shape index (κ2) is 8.62. The Morgan fingerprint density at radius 2 is 2.07 bits per heavy atom. The first-order valence-electron chi connectivity index (χ1n) is 8.97. The van der Waals surface area contributed by atoms with Gasteiger partial charge in [0.2, 0.25) is 5.91 Å². The van der Waals surface area contributed by atoms with Crippen LogP contribution in [0.25, 0.3) is 0 Å². The van der Waals surface area contributed by atoms with Gasteiger partial charge in [0.15, 0.2) is 0 Å². The number of carbonyl (C=O) groups excluding carboxylic acids is 2. The fourth-order valence-corrected chi connectivity index (χ4v) is 2.84. The molecule has 1 aromatic carbocycles. The Kier molecular flexibility index (Phi) is 6.01. The van der Waals surface area contributed by atoms with Gasteiger partial charge in [0.1, 0.15) is 17.3 Å². The highest BCUT2D eigenvalue weighted by molar-refractivity contribution is 6.39. The molecule has 1 aliphatic rings. The van der Waals surface area contributed by atoms with Crippen LogP contribution in [0.1, 0.15) is 37.5 Å². The van der Waals surface area contributed by atoms with Crippen molar-refractivity contribution in [3.05, 3.63) is 59.8 Å². The fraction of sp³-hybridized carbons (Fsp3) is 0.350. The van der Waals surface area contributed by atoms with E-state index in [4.69, 9.17) is 4.42 Å². The third-order valence-electron chi connectivity index (χ3n) is 4.39. The average molecular weight is 371 g/mol. The van der Waals surface area contributed by atoms with E-state index in [0.29, 0.717) is 12.1 Å². The maximum absolute atomic E-state index is 13.0. The number of nitrogens with zero attached hydrogens (tertiary/aromatic N) is 2. The van der Waals surface area contributed by atoms with Crippen LogP contribution in [0.3, 0.4) is 0 Å². The normalized spacial score (nSPS) is 15.4. The highest BCUT2D eigenvalue weighted by Gasteiger charge is 2.25. The summed E-state index contributed by atoms with van der Waals surface area (Å²) in [6.07, 6.45) is 3.65. The number of hydrogen-bond acceptors (Lipinski definition) is 4. The molecule has 0 saturated carbocycles. The lowest BCUT2D eigenvalue weighted by Crippen LogP contribution is -2.42. The van der Waals surface area contributed by atoms with Crippen LogP contribution >= 0.6 is 0 Å². The van der Waals surface area contributed by atoms with Gasteiger partial charge in [-0.05, 0) is 43.2 Å². The second-order valence-corrected chi connectivity index (χ2v) is 6.62. The van der Waals surface area contributed by atoms with Gasteiger partial charge in [0, 0.05) is 25.3 Å². The predicted molar refractivity (Wildman–Crippen MR) is 98.3 cm³/mol. The Hall–Kier alpha value is -2.96. The molecule has 2 heterocycles. The molecule has 0 bridgehead atoms. The van der Waals surface area contributed by atoms with Crippen LogP contribution in [0.2, 0.25) is 0 Å². The molecule has 7 heteroatoms. The number of hydrazone groups is 1. The van der Waals surface area contributed by atoms with E-state index in [1.54, 1.807) is 18.4 Å². The van der Waals surface area contributed by atoms with Gasteiger partial charge in [-0.25, -0.2) is 9.40 Å². The molecule has 1 aromatic heterocycles. The van der Waals surface area contributed by atoms with E-state index in [-0.39, 0.29) is 36.6 Å². The van der Waals surface area contributed by atoms with E-state index in [1.807, 2.05) is 19.1 Å². The first kappa shape index (κ1) is 18.8. The maximum atomic E-state index is 13.0. The molecule has 1 aliphatic heterocycles. The number of amides is 2. The zero-order valence-corrected chi connectivity index (χ0v) is 15.2. The topological polar surface area (TPSA) is 74.9 Å². The average Bonchev–Trinajstić information content (AvgIpc) is 3.17. The lowest BCUT2D eigenvalue weighted by Gasteiger charge is -2.24. The number of furan rings is 1. The summed E-state index contributed by atoms with van der Waals surface area (Å²) in [4.78, 5) is 24.6. The molecule has 0 aliphatic carbocycles. The van der Waals surface area contributed by atoms with Gasteiger partial charge in [0.05, 0.1) is 12.8 Å². The molecule has 1 unspecified atom stereocenters. The van der Waals surface area contributed by atoms with E-state index in [0.717, 1.165) is 24.2 Å². The summed E-state index contributed by atoms with van der Waals surface area (Å²) in [5.74, 6) is 0.123. The Balaban J connectivity index is 1.57. The lowest BCUT2D eigenvalue weighted by atomic mass is 10.1. The monoisotopic (exact) mass is 371 g/mol. The highest BCUT2D eigenvalue weighted by atomic mass is 19.1.